The van der Waals surface area contributed by atoms with E-state index in [1.165, 1.54) is 0 Å². The minimum Gasteiger partial charge on any atom is -0.369 e. The number of hydrogen-bond acceptors (Lipinski definition) is 2. The number of ether oxygens (including phenoxy) is 1. The van der Waals surface area contributed by atoms with Gasteiger partial charge in [0.1, 0.15) is 18.2 Å². The summed E-state index contributed by atoms with van der Waals surface area (Å²) in [5.74, 6) is -1.94. The molecular weight excluding hydrogens is 214 g/mol. The van der Waals surface area contributed by atoms with E-state index in [0.717, 1.165) is 18.2 Å². The predicted octanol–water partition coefficient (Wildman–Crippen LogP) is 2.74. The van der Waals surface area contributed by atoms with Gasteiger partial charge >= 0.3 is 0 Å². The van der Waals surface area contributed by atoms with E-state index >= 15 is 0 Å². The third-order valence-corrected chi connectivity index (χ3v) is 1.91. The summed E-state index contributed by atoms with van der Waals surface area (Å²) in [5.41, 5.74) is -0.277. The van der Waals surface area contributed by atoms with Gasteiger partial charge in [0.2, 0.25) is 0 Å². The second kappa shape index (κ2) is 6.12. The summed E-state index contributed by atoms with van der Waals surface area (Å²) in [6.45, 7) is 1.83. The number of hydrogen-bond donors (Lipinski definition) is 0. The molecule has 0 aliphatic carbocycles. The molecule has 0 radical (unpaired) electrons. The van der Waals surface area contributed by atoms with Gasteiger partial charge in [0.25, 0.3) is 0 Å². The predicted molar refractivity (Wildman–Crippen MR) is 56.3 cm³/mol. The van der Waals surface area contributed by atoms with Gasteiger partial charge in [0.15, 0.2) is 5.78 Å². The fourth-order valence-electron chi connectivity index (χ4n) is 1.10. The summed E-state index contributed by atoms with van der Waals surface area (Å²) < 4.78 is 30.9. The average Bonchev–Trinajstić information content (AvgIpc) is 2.27. The van der Waals surface area contributed by atoms with Gasteiger partial charge in [0, 0.05) is 0 Å². The number of rotatable bonds is 5. The SMILES string of the molecule is CC=CCOCC(=O)c1cc(F)ccc1F. The Kier molecular flexibility index (Phi) is 4.79. The molecule has 86 valence electrons. The molecule has 0 spiro atoms. The number of halogens is 2. The Labute approximate surface area is 92.5 Å². The van der Waals surface area contributed by atoms with Crippen LogP contribution >= 0.6 is 0 Å². The second-order valence-electron chi connectivity index (χ2n) is 3.13. The lowest BCUT2D eigenvalue weighted by molar-refractivity contribution is 0.0801. The normalized spacial score (nSPS) is 10.9. The lowest BCUT2D eigenvalue weighted by Gasteiger charge is -2.02. The maximum atomic E-state index is 13.1. The van der Waals surface area contributed by atoms with Gasteiger partial charge < -0.3 is 4.74 Å². The van der Waals surface area contributed by atoms with E-state index in [2.05, 4.69) is 0 Å². The molecule has 0 N–H and O–H groups in total. The van der Waals surface area contributed by atoms with Crippen LogP contribution in [0.3, 0.4) is 0 Å². The van der Waals surface area contributed by atoms with Crippen LogP contribution in [0.5, 0.6) is 0 Å². The van der Waals surface area contributed by atoms with Gasteiger partial charge in [-0.05, 0) is 25.1 Å². The number of carbonyl (C=O) groups excluding carboxylic acids is 1. The van der Waals surface area contributed by atoms with E-state index in [-0.39, 0.29) is 18.8 Å². The largest absolute Gasteiger partial charge is 0.369 e. The molecule has 0 bridgehead atoms. The lowest BCUT2D eigenvalue weighted by atomic mass is 10.1. The first-order valence-electron chi connectivity index (χ1n) is 4.82. The van der Waals surface area contributed by atoms with Crippen LogP contribution in [0.15, 0.2) is 30.4 Å². The molecule has 0 saturated carbocycles. The Morgan fingerprint density at radius 1 is 1.44 bits per heavy atom. The van der Waals surface area contributed by atoms with E-state index in [1.807, 2.05) is 6.92 Å². The average molecular weight is 226 g/mol. The van der Waals surface area contributed by atoms with Gasteiger partial charge in [-0.3, -0.25) is 4.79 Å². The van der Waals surface area contributed by atoms with Crippen LogP contribution < -0.4 is 0 Å². The summed E-state index contributed by atoms with van der Waals surface area (Å²) in [4.78, 5) is 11.4. The summed E-state index contributed by atoms with van der Waals surface area (Å²) in [5, 5.41) is 0. The Morgan fingerprint density at radius 2 is 2.19 bits per heavy atom. The Hall–Kier alpha value is -1.55. The highest BCUT2D eigenvalue weighted by atomic mass is 19.1. The van der Waals surface area contributed by atoms with Gasteiger partial charge in [-0.2, -0.15) is 0 Å². The number of carbonyl (C=O) groups is 1. The molecule has 0 unspecified atom stereocenters. The van der Waals surface area contributed by atoms with Crippen molar-refractivity contribution >= 4 is 5.78 Å². The van der Waals surface area contributed by atoms with Crippen LogP contribution in [0.25, 0.3) is 0 Å². The molecule has 4 heteroatoms. The lowest BCUT2D eigenvalue weighted by Crippen LogP contribution is -2.11. The molecule has 1 aromatic rings. The van der Waals surface area contributed by atoms with Crippen molar-refractivity contribution in [3.05, 3.63) is 47.5 Å². The van der Waals surface area contributed by atoms with Crippen LogP contribution in [0, 0.1) is 11.6 Å². The molecule has 0 saturated heterocycles. The molecule has 0 amide bonds. The maximum Gasteiger partial charge on any atom is 0.191 e. The molecule has 0 heterocycles. The third-order valence-electron chi connectivity index (χ3n) is 1.91. The van der Waals surface area contributed by atoms with Crippen LogP contribution in [0.4, 0.5) is 8.78 Å². The second-order valence-corrected chi connectivity index (χ2v) is 3.13. The van der Waals surface area contributed by atoms with E-state index in [1.54, 1.807) is 12.2 Å². The smallest absolute Gasteiger partial charge is 0.191 e. The number of allylic oxidation sites excluding steroid dienone is 1. The van der Waals surface area contributed by atoms with E-state index in [9.17, 15) is 13.6 Å². The topological polar surface area (TPSA) is 26.3 Å². The molecule has 0 aliphatic heterocycles. The van der Waals surface area contributed by atoms with Gasteiger partial charge in [0.05, 0.1) is 12.2 Å². The van der Waals surface area contributed by atoms with Crippen molar-refractivity contribution in [1.82, 2.24) is 0 Å². The Bertz CT molecular complexity index is 400. The van der Waals surface area contributed by atoms with E-state index in [4.69, 9.17) is 4.74 Å². The Morgan fingerprint density at radius 3 is 2.88 bits per heavy atom. The summed E-state index contributed by atoms with van der Waals surface area (Å²) in [6, 6.07) is 2.76. The first-order valence-corrected chi connectivity index (χ1v) is 4.82. The van der Waals surface area contributed by atoms with Crippen LogP contribution in [0.1, 0.15) is 17.3 Å². The first kappa shape index (κ1) is 12.5. The first-order chi connectivity index (χ1) is 7.65. The summed E-state index contributed by atoms with van der Waals surface area (Å²) in [7, 11) is 0. The van der Waals surface area contributed by atoms with E-state index in [0.29, 0.717) is 0 Å². The minimum absolute atomic E-state index is 0.259. The standard InChI is InChI=1S/C12H12F2O2/c1-2-3-6-16-8-12(15)10-7-9(13)4-5-11(10)14/h2-5,7H,6,8H2,1H3. The zero-order valence-corrected chi connectivity index (χ0v) is 8.87. The van der Waals surface area contributed by atoms with Crippen molar-refractivity contribution in [2.24, 2.45) is 0 Å². The molecule has 1 rings (SSSR count). The van der Waals surface area contributed by atoms with Crippen molar-refractivity contribution in [2.75, 3.05) is 13.2 Å². The van der Waals surface area contributed by atoms with Crippen molar-refractivity contribution in [2.45, 2.75) is 6.92 Å². The third kappa shape index (κ3) is 3.55. The summed E-state index contributed by atoms with van der Waals surface area (Å²) >= 11 is 0. The summed E-state index contributed by atoms with van der Waals surface area (Å²) in [6.07, 6.45) is 3.49. The zero-order valence-electron chi connectivity index (χ0n) is 8.87. The highest BCUT2D eigenvalue weighted by Crippen LogP contribution is 2.10. The van der Waals surface area contributed by atoms with Gasteiger partial charge in [-0.1, -0.05) is 12.2 Å². The van der Waals surface area contributed by atoms with Gasteiger partial charge in [-0.25, -0.2) is 8.78 Å². The van der Waals surface area contributed by atoms with Crippen LogP contribution in [0.2, 0.25) is 0 Å². The van der Waals surface area contributed by atoms with Crippen LogP contribution in [-0.4, -0.2) is 19.0 Å². The monoisotopic (exact) mass is 226 g/mol. The minimum atomic E-state index is -0.735. The molecule has 0 fully saturated rings. The fourth-order valence-corrected chi connectivity index (χ4v) is 1.10. The highest BCUT2D eigenvalue weighted by molar-refractivity contribution is 5.97. The molecule has 0 atom stereocenters. The van der Waals surface area contributed by atoms with E-state index < -0.39 is 17.4 Å². The van der Waals surface area contributed by atoms with Crippen molar-refractivity contribution in [3.63, 3.8) is 0 Å². The highest BCUT2D eigenvalue weighted by Gasteiger charge is 2.12. The van der Waals surface area contributed by atoms with Crippen molar-refractivity contribution in [1.29, 1.82) is 0 Å². The van der Waals surface area contributed by atoms with Crippen molar-refractivity contribution in [3.8, 4) is 0 Å². The molecule has 0 aliphatic rings. The molecular formula is C12H12F2O2. The molecule has 0 aromatic heterocycles. The Balaban J connectivity index is 2.62. The maximum absolute atomic E-state index is 13.1. The fraction of sp³-hybridized carbons (Fsp3) is 0.250. The zero-order chi connectivity index (χ0) is 12.0. The van der Waals surface area contributed by atoms with Gasteiger partial charge in [-0.15, -0.1) is 0 Å². The molecule has 16 heavy (non-hydrogen) atoms. The number of ketones is 1. The number of benzene rings is 1. The quantitative estimate of drug-likeness (QED) is 0.438. The van der Waals surface area contributed by atoms with Crippen molar-refractivity contribution < 1.29 is 18.3 Å². The molecule has 2 nitrogen and oxygen atoms in total. The molecule has 1 aromatic carbocycles. The number of Topliss-reactive ketones (excluding diaryl/α,β-unsaturated/α-hetero) is 1. The van der Waals surface area contributed by atoms with Crippen LogP contribution in [-0.2, 0) is 4.74 Å².